The maximum absolute atomic E-state index is 12.2. The Balaban J connectivity index is 1.50. The molecule has 1 amide bonds. The van der Waals surface area contributed by atoms with Crippen LogP contribution in [0.5, 0.6) is 0 Å². The van der Waals surface area contributed by atoms with Gasteiger partial charge in [-0.15, -0.1) is 0 Å². The molecule has 0 bridgehead atoms. The predicted octanol–water partition coefficient (Wildman–Crippen LogP) is 1.65. The van der Waals surface area contributed by atoms with Gasteiger partial charge in [0.1, 0.15) is 0 Å². The number of anilines is 1. The van der Waals surface area contributed by atoms with Gasteiger partial charge in [-0.1, -0.05) is 23.7 Å². The number of hydrogen-bond donors (Lipinski definition) is 2. The number of halogens is 1. The number of benzene rings is 1. The molecule has 1 saturated heterocycles. The SMILES string of the molecule is CCNC(=NCCNC(=O)c1ccccc1Cl)N1CCN(c2ncccn2)CC1. The molecule has 2 heterocycles. The van der Waals surface area contributed by atoms with Crippen molar-refractivity contribution < 1.29 is 4.79 Å². The molecule has 0 saturated carbocycles. The van der Waals surface area contributed by atoms with E-state index < -0.39 is 0 Å². The lowest BCUT2D eigenvalue weighted by molar-refractivity contribution is 0.0955. The number of piperazine rings is 1. The van der Waals surface area contributed by atoms with E-state index in [2.05, 4.69) is 35.4 Å². The molecule has 3 rings (SSSR count). The zero-order chi connectivity index (χ0) is 20.5. The summed E-state index contributed by atoms with van der Waals surface area (Å²) in [6, 6.07) is 8.83. The Labute approximate surface area is 176 Å². The zero-order valence-electron chi connectivity index (χ0n) is 16.5. The normalized spacial score (nSPS) is 14.6. The molecule has 1 aliphatic rings. The molecule has 8 nitrogen and oxygen atoms in total. The van der Waals surface area contributed by atoms with Gasteiger partial charge in [-0.05, 0) is 25.1 Å². The standard InChI is InChI=1S/C20H26ClN7O/c1-2-22-19(26-11-10-23-18(29)16-6-3-4-7-17(16)21)27-12-14-28(15-13-27)20-24-8-5-9-25-20/h3-9H,2,10-15H2,1H3,(H,22,26)(H,23,29). The highest BCUT2D eigenvalue weighted by Gasteiger charge is 2.21. The molecule has 0 radical (unpaired) electrons. The average Bonchev–Trinajstić information content (AvgIpc) is 2.77. The van der Waals surface area contributed by atoms with Crippen LogP contribution in [0.1, 0.15) is 17.3 Å². The second-order valence-corrected chi connectivity index (χ2v) is 6.90. The van der Waals surface area contributed by atoms with Crippen LogP contribution in [0.3, 0.4) is 0 Å². The van der Waals surface area contributed by atoms with Crippen LogP contribution in [-0.2, 0) is 0 Å². The molecule has 154 valence electrons. The van der Waals surface area contributed by atoms with Crippen molar-refractivity contribution in [2.75, 3.05) is 50.7 Å². The quantitative estimate of drug-likeness (QED) is 0.424. The molecule has 0 spiro atoms. The van der Waals surface area contributed by atoms with Crippen molar-refractivity contribution in [1.29, 1.82) is 0 Å². The monoisotopic (exact) mass is 415 g/mol. The number of nitrogens with zero attached hydrogens (tertiary/aromatic N) is 5. The van der Waals surface area contributed by atoms with Crippen LogP contribution in [0.2, 0.25) is 5.02 Å². The average molecular weight is 416 g/mol. The van der Waals surface area contributed by atoms with Crippen molar-refractivity contribution in [3.05, 3.63) is 53.3 Å². The van der Waals surface area contributed by atoms with E-state index in [4.69, 9.17) is 11.6 Å². The number of aliphatic imine (C=N–C) groups is 1. The molecule has 2 N–H and O–H groups in total. The summed E-state index contributed by atoms with van der Waals surface area (Å²) >= 11 is 6.06. The molecular formula is C20H26ClN7O. The van der Waals surface area contributed by atoms with Gasteiger partial charge in [-0.3, -0.25) is 9.79 Å². The molecular weight excluding hydrogens is 390 g/mol. The largest absolute Gasteiger partial charge is 0.357 e. The van der Waals surface area contributed by atoms with Gasteiger partial charge in [-0.2, -0.15) is 0 Å². The Morgan fingerprint density at radius 3 is 2.52 bits per heavy atom. The lowest BCUT2D eigenvalue weighted by Crippen LogP contribution is -2.53. The molecule has 1 aromatic heterocycles. The van der Waals surface area contributed by atoms with E-state index in [0.717, 1.165) is 44.6 Å². The van der Waals surface area contributed by atoms with Crippen molar-refractivity contribution in [2.24, 2.45) is 4.99 Å². The first-order valence-corrected chi connectivity index (χ1v) is 10.1. The third-order valence-electron chi connectivity index (χ3n) is 4.53. The van der Waals surface area contributed by atoms with Gasteiger partial charge < -0.3 is 20.4 Å². The van der Waals surface area contributed by atoms with Crippen molar-refractivity contribution in [3.63, 3.8) is 0 Å². The fourth-order valence-electron chi connectivity index (χ4n) is 3.07. The number of carbonyl (C=O) groups excluding carboxylic acids is 1. The second-order valence-electron chi connectivity index (χ2n) is 6.49. The molecule has 0 unspecified atom stereocenters. The van der Waals surface area contributed by atoms with Crippen LogP contribution >= 0.6 is 11.6 Å². The summed E-state index contributed by atoms with van der Waals surface area (Å²) in [5.74, 6) is 1.43. The maximum Gasteiger partial charge on any atom is 0.252 e. The van der Waals surface area contributed by atoms with E-state index in [9.17, 15) is 4.79 Å². The minimum Gasteiger partial charge on any atom is -0.357 e. The van der Waals surface area contributed by atoms with Crippen LogP contribution in [0.4, 0.5) is 5.95 Å². The Hall–Kier alpha value is -2.87. The van der Waals surface area contributed by atoms with Crippen LogP contribution in [0, 0.1) is 0 Å². The molecule has 2 aromatic rings. The van der Waals surface area contributed by atoms with Gasteiger partial charge in [0.25, 0.3) is 5.91 Å². The van der Waals surface area contributed by atoms with Gasteiger partial charge in [0.05, 0.1) is 17.1 Å². The van der Waals surface area contributed by atoms with Crippen molar-refractivity contribution in [1.82, 2.24) is 25.5 Å². The molecule has 9 heteroatoms. The molecule has 0 atom stereocenters. The van der Waals surface area contributed by atoms with Crippen LogP contribution in [-0.4, -0.2) is 72.5 Å². The van der Waals surface area contributed by atoms with Gasteiger partial charge in [0.15, 0.2) is 5.96 Å². The molecule has 1 aromatic carbocycles. The molecule has 0 aliphatic carbocycles. The lowest BCUT2D eigenvalue weighted by atomic mass is 10.2. The first kappa shape index (κ1) is 20.9. The summed E-state index contributed by atoms with van der Waals surface area (Å²) < 4.78 is 0. The van der Waals surface area contributed by atoms with Gasteiger partial charge in [0.2, 0.25) is 5.95 Å². The minimum absolute atomic E-state index is 0.188. The number of hydrogen-bond acceptors (Lipinski definition) is 5. The van der Waals surface area contributed by atoms with E-state index in [-0.39, 0.29) is 5.91 Å². The van der Waals surface area contributed by atoms with Crippen LogP contribution in [0.15, 0.2) is 47.7 Å². The zero-order valence-corrected chi connectivity index (χ0v) is 17.3. The van der Waals surface area contributed by atoms with Crippen molar-refractivity contribution in [2.45, 2.75) is 6.92 Å². The smallest absolute Gasteiger partial charge is 0.252 e. The molecule has 1 aliphatic heterocycles. The number of amides is 1. The highest BCUT2D eigenvalue weighted by atomic mass is 35.5. The number of carbonyl (C=O) groups is 1. The number of nitrogens with one attached hydrogen (secondary N) is 2. The van der Waals surface area contributed by atoms with E-state index >= 15 is 0 Å². The van der Waals surface area contributed by atoms with E-state index in [1.807, 2.05) is 13.0 Å². The first-order chi connectivity index (χ1) is 14.2. The van der Waals surface area contributed by atoms with Crippen molar-refractivity contribution >= 4 is 29.4 Å². The van der Waals surface area contributed by atoms with Crippen molar-refractivity contribution in [3.8, 4) is 0 Å². The summed E-state index contributed by atoms with van der Waals surface area (Å²) in [4.78, 5) is 29.9. The third kappa shape index (κ3) is 5.80. The summed E-state index contributed by atoms with van der Waals surface area (Å²) in [6.45, 7) is 7.08. The fraction of sp³-hybridized carbons (Fsp3) is 0.400. The Morgan fingerprint density at radius 1 is 1.10 bits per heavy atom. The molecule has 1 fully saturated rings. The topological polar surface area (TPSA) is 85.8 Å². The van der Waals surface area contributed by atoms with Crippen LogP contribution < -0.4 is 15.5 Å². The van der Waals surface area contributed by atoms with Gasteiger partial charge in [-0.25, -0.2) is 9.97 Å². The summed E-state index contributed by atoms with van der Waals surface area (Å²) in [6.07, 6.45) is 3.52. The second kappa shape index (κ2) is 10.6. The predicted molar refractivity (Wildman–Crippen MR) is 116 cm³/mol. The first-order valence-electron chi connectivity index (χ1n) is 9.77. The van der Waals surface area contributed by atoms with Gasteiger partial charge in [0, 0.05) is 51.7 Å². The summed E-state index contributed by atoms with van der Waals surface area (Å²) in [7, 11) is 0. The highest BCUT2D eigenvalue weighted by molar-refractivity contribution is 6.33. The van der Waals surface area contributed by atoms with Crippen LogP contribution in [0.25, 0.3) is 0 Å². The Bertz CT molecular complexity index is 823. The Kier molecular flexibility index (Phi) is 7.63. The summed E-state index contributed by atoms with van der Waals surface area (Å²) in [5, 5.41) is 6.64. The number of rotatable bonds is 6. The van der Waals surface area contributed by atoms with Gasteiger partial charge >= 0.3 is 0 Å². The molecule has 29 heavy (non-hydrogen) atoms. The third-order valence-corrected chi connectivity index (χ3v) is 4.86. The van der Waals surface area contributed by atoms with E-state index in [1.54, 1.807) is 36.7 Å². The fourth-order valence-corrected chi connectivity index (χ4v) is 3.29. The maximum atomic E-state index is 12.2. The number of aromatic nitrogens is 2. The Morgan fingerprint density at radius 2 is 1.83 bits per heavy atom. The lowest BCUT2D eigenvalue weighted by Gasteiger charge is -2.36. The summed E-state index contributed by atoms with van der Waals surface area (Å²) in [5.41, 5.74) is 0.476. The number of guanidine groups is 1. The van der Waals surface area contributed by atoms with E-state index in [0.29, 0.717) is 23.7 Å². The minimum atomic E-state index is -0.188. The van der Waals surface area contributed by atoms with E-state index in [1.165, 1.54) is 0 Å². The highest BCUT2D eigenvalue weighted by Crippen LogP contribution is 2.14.